The Bertz CT molecular complexity index is 252. The molecule has 0 heterocycles. The second-order valence-electron chi connectivity index (χ2n) is 4.59. The number of hydrogen-bond acceptors (Lipinski definition) is 2. The van der Waals surface area contributed by atoms with Gasteiger partial charge in [0.15, 0.2) is 0 Å². The van der Waals surface area contributed by atoms with Gasteiger partial charge in [0, 0.05) is 34.9 Å². The molecule has 94 valence electrons. The summed E-state index contributed by atoms with van der Waals surface area (Å²) < 4.78 is 11.0. The van der Waals surface area contributed by atoms with Crippen molar-refractivity contribution in [3.63, 3.8) is 0 Å². The summed E-state index contributed by atoms with van der Waals surface area (Å²) in [6.45, 7) is 1.88. The highest BCUT2D eigenvalue weighted by atomic mass is 32.2. The highest BCUT2D eigenvalue weighted by Gasteiger charge is 2.16. The number of amides is 2. The summed E-state index contributed by atoms with van der Waals surface area (Å²) in [5.41, 5.74) is 0. The predicted molar refractivity (Wildman–Crippen MR) is 66.9 cm³/mol. The van der Waals surface area contributed by atoms with Gasteiger partial charge in [-0.05, 0) is 19.8 Å². The normalized spacial score (nSPS) is 21.1. The average molecular weight is 246 g/mol. The molecule has 1 aliphatic rings. The van der Waals surface area contributed by atoms with E-state index in [1.165, 1.54) is 19.3 Å². The molecule has 2 unspecified atom stereocenters. The Hall–Kier alpha value is -0.580. The Morgan fingerprint density at radius 3 is 2.56 bits per heavy atom. The maximum absolute atomic E-state index is 11.6. The van der Waals surface area contributed by atoms with E-state index in [-0.39, 0.29) is 12.1 Å². The predicted octanol–water partition coefficient (Wildman–Crippen LogP) is 1.39. The zero-order valence-corrected chi connectivity index (χ0v) is 10.9. The molecule has 1 rings (SSSR count). The first-order valence-electron chi connectivity index (χ1n) is 5.95. The van der Waals surface area contributed by atoms with Crippen LogP contribution in [0.5, 0.6) is 0 Å². The second-order valence-corrected chi connectivity index (χ2v) is 6.07. The maximum atomic E-state index is 11.6. The molecule has 1 saturated carbocycles. The molecule has 0 aromatic rings. The number of nitrogens with one attached hydrogen (secondary N) is 2. The summed E-state index contributed by atoms with van der Waals surface area (Å²) in [5, 5.41) is 5.79. The molecule has 0 aliphatic heterocycles. The van der Waals surface area contributed by atoms with E-state index < -0.39 is 10.8 Å². The third-order valence-corrected chi connectivity index (χ3v) is 3.77. The number of hydrogen-bond donors (Lipinski definition) is 2. The molecule has 4 nitrogen and oxygen atoms in total. The average Bonchev–Trinajstić information content (AvgIpc) is 2.17. The lowest BCUT2D eigenvalue weighted by Gasteiger charge is -2.24. The Kier molecular flexibility index (Phi) is 5.80. The summed E-state index contributed by atoms with van der Waals surface area (Å²) >= 11 is 0. The smallest absolute Gasteiger partial charge is 0.315 e. The van der Waals surface area contributed by atoms with Gasteiger partial charge in [-0.2, -0.15) is 0 Å². The van der Waals surface area contributed by atoms with Crippen molar-refractivity contribution in [2.45, 2.75) is 51.1 Å². The van der Waals surface area contributed by atoms with Crippen molar-refractivity contribution < 1.29 is 9.00 Å². The van der Waals surface area contributed by atoms with Crippen LogP contribution in [0.2, 0.25) is 0 Å². The van der Waals surface area contributed by atoms with E-state index in [9.17, 15) is 9.00 Å². The van der Waals surface area contributed by atoms with E-state index in [1.807, 2.05) is 6.92 Å². The Morgan fingerprint density at radius 2 is 2.00 bits per heavy atom. The van der Waals surface area contributed by atoms with Crippen LogP contribution < -0.4 is 10.6 Å². The zero-order valence-electron chi connectivity index (χ0n) is 10.1. The van der Waals surface area contributed by atoms with Crippen molar-refractivity contribution in [1.82, 2.24) is 10.6 Å². The number of carbonyl (C=O) groups excluding carboxylic acids is 1. The zero-order chi connectivity index (χ0) is 12.0. The summed E-state index contributed by atoms with van der Waals surface area (Å²) in [5.74, 6) is 0.512. The SMILES string of the molecule is CC(CS(C)=O)NC(=O)NC1CCCCC1. The molecule has 0 bridgehead atoms. The molecule has 5 heteroatoms. The van der Waals surface area contributed by atoms with Gasteiger partial charge < -0.3 is 10.6 Å². The van der Waals surface area contributed by atoms with Gasteiger partial charge in [0.05, 0.1) is 0 Å². The number of rotatable bonds is 4. The van der Waals surface area contributed by atoms with Crippen molar-refractivity contribution >= 4 is 16.8 Å². The standard InChI is InChI=1S/C11H22N2O2S/c1-9(8-16(2)15)12-11(14)13-10-6-4-3-5-7-10/h9-10H,3-8H2,1-2H3,(H2,12,13,14). The van der Waals surface area contributed by atoms with Crippen LogP contribution in [-0.2, 0) is 10.8 Å². The molecule has 0 spiro atoms. The van der Waals surface area contributed by atoms with E-state index in [4.69, 9.17) is 0 Å². The summed E-state index contributed by atoms with van der Waals surface area (Å²) in [7, 11) is -0.861. The van der Waals surface area contributed by atoms with Crippen molar-refractivity contribution in [3.8, 4) is 0 Å². The fourth-order valence-electron chi connectivity index (χ4n) is 2.09. The van der Waals surface area contributed by atoms with Crippen molar-refractivity contribution in [2.75, 3.05) is 12.0 Å². The monoisotopic (exact) mass is 246 g/mol. The van der Waals surface area contributed by atoms with Crippen LogP contribution in [0, 0.1) is 0 Å². The Labute approximate surface area is 100 Å². The third kappa shape index (κ3) is 5.49. The van der Waals surface area contributed by atoms with Crippen LogP contribution in [0.15, 0.2) is 0 Å². The molecule has 0 aromatic heterocycles. The van der Waals surface area contributed by atoms with Gasteiger partial charge in [0.25, 0.3) is 0 Å². The maximum Gasteiger partial charge on any atom is 0.315 e. The minimum atomic E-state index is -0.861. The topological polar surface area (TPSA) is 58.2 Å². The van der Waals surface area contributed by atoms with Crippen LogP contribution in [0.1, 0.15) is 39.0 Å². The van der Waals surface area contributed by atoms with Gasteiger partial charge in [-0.1, -0.05) is 19.3 Å². The van der Waals surface area contributed by atoms with Gasteiger partial charge in [-0.3, -0.25) is 4.21 Å². The molecular weight excluding hydrogens is 224 g/mol. The van der Waals surface area contributed by atoms with E-state index in [1.54, 1.807) is 6.26 Å². The van der Waals surface area contributed by atoms with E-state index in [2.05, 4.69) is 10.6 Å². The third-order valence-electron chi connectivity index (χ3n) is 2.80. The van der Waals surface area contributed by atoms with Crippen LogP contribution >= 0.6 is 0 Å². The lowest BCUT2D eigenvalue weighted by molar-refractivity contribution is 0.230. The van der Waals surface area contributed by atoms with Crippen molar-refractivity contribution in [3.05, 3.63) is 0 Å². The van der Waals surface area contributed by atoms with Gasteiger partial charge in [-0.15, -0.1) is 0 Å². The van der Waals surface area contributed by atoms with E-state index >= 15 is 0 Å². The minimum absolute atomic E-state index is 0.0329. The molecule has 0 saturated heterocycles. The van der Waals surface area contributed by atoms with Crippen LogP contribution in [0.25, 0.3) is 0 Å². The molecule has 2 N–H and O–H groups in total. The van der Waals surface area contributed by atoms with Gasteiger partial charge >= 0.3 is 6.03 Å². The molecule has 0 radical (unpaired) electrons. The van der Waals surface area contributed by atoms with E-state index in [0.29, 0.717) is 11.8 Å². The Balaban J connectivity index is 2.21. The Morgan fingerprint density at radius 1 is 1.38 bits per heavy atom. The number of carbonyl (C=O) groups is 1. The van der Waals surface area contributed by atoms with Crippen molar-refractivity contribution in [1.29, 1.82) is 0 Å². The summed E-state index contributed by atoms with van der Waals surface area (Å²) in [4.78, 5) is 11.6. The van der Waals surface area contributed by atoms with Gasteiger partial charge in [0.1, 0.15) is 0 Å². The van der Waals surface area contributed by atoms with Gasteiger partial charge in [-0.25, -0.2) is 4.79 Å². The first-order chi connectivity index (χ1) is 7.58. The highest BCUT2D eigenvalue weighted by molar-refractivity contribution is 7.84. The summed E-state index contributed by atoms with van der Waals surface area (Å²) in [6.07, 6.45) is 7.52. The molecule has 1 aliphatic carbocycles. The summed E-state index contributed by atoms with van der Waals surface area (Å²) in [6, 6.07) is 0.173. The van der Waals surface area contributed by atoms with Crippen molar-refractivity contribution in [2.24, 2.45) is 0 Å². The largest absolute Gasteiger partial charge is 0.335 e. The van der Waals surface area contributed by atoms with Crippen LogP contribution in [0.4, 0.5) is 4.79 Å². The molecule has 0 aromatic carbocycles. The van der Waals surface area contributed by atoms with Crippen LogP contribution in [-0.4, -0.2) is 34.3 Å². The molecule has 16 heavy (non-hydrogen) atoms. The fraction of sp³-hybridized carbons (Fsp3) is 0.909. The minimum Gasteiger partial charge on any atom is -0.335 e. The lowest BCUT2D eigenvalue weighted by Crippen LogP contribution is -2.47. The quantitative estimate of drug-likeness (QED) is 0.787. The number of urea groups is 1. The van der Waals surface area contributed by atoms with Gasteiger partial charge in [0.2, 0.25) is 0 Å². The molecule has 2 atom stereocenters. The fourth-order valence-corrected chi connectivity index (χ4v) is 2.88. The first-order valence-corrected chi connectivity index (χ1v) is 7.67. The highest BCUT2D eigenvalue weighted by Crippen LogP contribution is 2.17. The van der Waals surface area contributed by atoms with E-state index in [0.717, 1.165) is 12.8 Å². The van der Waals surface area contributed by atoms with Crippen LogP contribution in [0.3, 0.4) is 0 Å². The molecule has 1 fully saturated rings. The molecule has 2 amide bonds. The molecular formula is C11H22N2O2S. The first kappa shape index (κ1) is 13.5. The second kappa shape index (κ2) is 6.89. The lowest BCUT2D eigenvalue weighted by atomic mass is 9.96.